The number of aromatic hydroxyl groups is 1. The van der Waals surface area contributed by atoms with Gasteiger partial charge in [-0.15, -0.1) is 0 Å². The molecule has 0 unspecified atom stereocenters. The van der Waals surface area contributed by atoms with Crippen LogP contribution in [-0.4, -0.2) is 43.0 Å². The molecule has 1 atom stereocenters. The van der Waals surface area contributed by atoms with E-state index in [1.807, 2.05) is 0 Å². The number of hydrogen-bond donors (Lipinski definition) is 4. The van der Waals surface area contributed by atoms with Crippen molar-refractivity contribution in [2.24, 2.45) is 0 Å². The van der Waals surface area contributed by atoms with E-state index in [1.54, 1.807) is 0 Å². The number of benzene rings is 2. The number of rotatable bonds is 4. The van der Waals surface area contributed by atoms with Crippen molar-refractivity contribution in [3.05, 3.63) is 53.1 Å². The van der Waals surface area contributed by atoms with Crippen molar-refractivity contribution in [3.63, 3.8) is 0 Å². The number of hydrogen-bond acceptors (Lipinski definition) is 5. The molecule has 1 heterocycles. The molecule has 0 bridgehead atoms. The van der Waals surface area contributed by atoms with Gasteiger partial charge in [0.1, 0.15) is 5.75 Å². The Morgan fingerprint density at radius 2 is 1.79 bits per heavy atom. The maximum absolute atomic E-state index is 12.3. The SMILES string of the molecule is O=C(Nc1ccc(C(=O)Nc2cc(Cl)ccc2O)cc1)N[C@@H]1CCS(=O)(=O)C1. The number of anilines is 2. The van der Waals surface area contributed by atoms with Gasteiger partial charge in [-0.25, -0.2) is 13.2 Å². The van der Waals surface area contributed by atoms with Gasteiger partial charge in [-0.3, -0.25) is 4.79 Å². The van der Waals surface area contributed by atoms with Gasteiger partial charge >= 0.3 is 6.03 Å². The molecule has 0 saturated carbocycles. The van der Waals surface area contributed by atoms with Crippen LogP contribution in [0.4, 0.5) is 16.2 Å². The molecule has 148 valence electrons. The minimum absolute atomic E-state index is 0.0596. The molecule has 4 N–H and O–H groups in total. The van der Waals surface area contributed by atoms with Crippen LogP contribution in [0.1, 0.15) is 16.8 Å². The van der Waals surface area contributed by atoms with E-state index >= 15 is 0 Å². The van der Waals surface area contributed by atoms with E-state index < -0.39 is 27.8 Å². The quantitative estimate of drug-likeness (QED) is 0.562. The van der Waals surface area contributed by atoms with Crippen molar-refractivity contribution < 1.29 is 23.1 Å². The van der Waals surface area contributed by atoms with Crippen molar-refractivity contribution in [1.82, 2.24) is 5.32 Å². The number of urea groups is 1. The van der Waals surface area contributed by atoms with Crippen LogP contribution in [-0.2, 0) is 9.84 Å². The van der Waals surface area contributed by atoms with Crippen molar-refractivity contribution in [2.75, 3.05) is 22.1 Å². The number of halogens is 1. The van der Waals surface area contributed by atoms with Gasteiger partial charge in [0.05, 0.1) is 17.2 Å². The van der Waals surface area contributed by atoms with E-state index in [-0.39, 0.29) is 22.9 Å². The van der Waals surface area contributed by atoms with E-state index in [4.69, 9.17) is 11.6 Å². The summed E-state index contributed by atoms with van der Waals surface area (Å²) in [6.07, 6.45) is 0.394. The highest BCUT2D eigenvalue weighted by Gasteiger charge is 2.28. The van der Waals surface area contributed by atoms with E-state index in [0.29, 0.717) is 22.7 Å². The lowest BCUT2D eigenvalue weighted by Gasteiger charge is -2.12. The fraction of sp³-hybridized carbons (Fsp3) is 0.222. The predicted octanol–water partition coefficient (Wildman–Crippen LogP) is 2.61. The highest BCUT2D eigenvalue weighted by Crippen LogP contribution is 2.27. The first-order valence-electron chi connectivity index (χ1n) is 8.40. The third kappa shape index (κ3) is 5.14. The van der Waals surface area contributed by atoms with Crippen LogP contribution in [0, 0.1) is 0 Å². The maximum Gasteiger partial charge on any atom is 0.319 e. The largest absolute Gasteiger partial charge is 0.506 e. The standard InChI is InChI=1S/C18H18ClN3O5S/c19-12-3-6-16(23)15(9-12)22-17(24)11-1-4-13(5-2-11)20-18(25)21-14-7-8-28(26,27)10-14/h1-6,9,14,23H,7-8,10H2,(H,22,24)(H2,20,21,25)/t14-/m1/s1. The molecule has 28 heavy (non-hydrogen) atoms. The van der Waals surface area contributed by atoms with Gasteiger partial charge < -0.3 is 21.1 Å². The number of phenols is 1. The minimum Gasteiger partial charge on any atom is -0.506 e. The van der Waals surface area contributed by atoms with Gasteiger partial charge in [-0.2, -0.15) is 0 Å². The van der Waals surface area contributed by atoms with Crippen LogP contribution in [0.5, 0.6) is 5.75 Å². The first-order valence-corrected chi connectivity index (χ1v) is 10.6. The third-order valence-electron chi connectivity index (χ3n) is 4.18. The lowest BCUT2D eigenvalue weighted by molar-refractivity contribution is 0.102. The zero-order valence-electron chi connectivity index (χ0n) is 14.6. The number of phenolic OH excluding ortho intramolecular Hbond substituents is 1. The molecule has 1 fully saturated rings. The fourth-order valence-corrected chi connectivity index (χ4v) is 4.61. The molecule has 10 heteroatoms. The summed E-state index contributed by atoms with van der Waals surface area (Å²) in [5.41, 5.74) is 0.943. The minimum atomic E-state index is -3.07. The lowest BCUT2D eigenvalue weighted by Crippen LogP contribution is -2.38. The van der Waals surface area contributed by atoms with Crippen LogP contribution in [0.3, 0.4) is 0 Å². The van der Waals surface area contributed by atoms with Gasteiger partial charge in [0.25, 0.3) is 5.91 Å². The summed E-state index contributed by atoms with van der Waals surface area (Å²) in [4.78, 5) is 24.3. The Balaban J connectivity index is 1.57. The molecular formula is C18H18ClN3O5S. The average Bonchev–Trinajstić information content (AvgIpc) is 2.97. The second kappa shape index (κ2) is 8.07. The summed E-state index contributed by atoms with van der Waals surface area (Å²) >= 11 is 5.85. The molecule has 2 aromatic carbocycles. The Morgan fingerprint density at radius 3 is 2.43 bits per heavy atom. The van der Waals surface area contributed by atoms with Gasteiger partial charge in [-0.05, 0) is 48.9 Å². The van der Waals surface area contributed by atoms with Gasteiger partial charge in [-0.1, -0.05) is 11.6 Å². The highest BCUT2D eigenvalue weighted by molar-refractivity contribution is 7.91. The molecule has 0 aliphatic carbocycles. The van der Waals surface area contributed by atoms with Crippen LogP contribution in [0.25, 0.3) is 0 Å². The number of amides is 3. The zero-order valence-corrected chi connectivity index (χ0v) is 16.2. The second-order valence-corrected chi connectivity index (χ2v) is 9.06. The summed E-state index contributed by atoms with van der Waals surface area (Å²) in [5, 5.41) is 17.9. The molecule has 2 aromatic rings. The summed E-state index contributed by atoms with van der Waals surface area (Å²) in [7, 11) is -3.07. The zero-order chi connectivity index (χ0) is 20.3. The number of carbonyl (C=O) groups is 2. The second-order valence-electron chi connectivity index (χ2n) is 6.39. The van der Waals surface area contributed by atoms with E-state index in [0.717, 1.165) is 0 Å². The van der Waals surface area contributed by atoms with Crippen LogP contribution < -0.4 is 16.0 Å². The Hall–Kier alpha value is -2.78. The van der Waals surface area contributed by atoms with E-state index in [2.05, 4.69) is 16.0 Å². The van der Waals surface area contributed by atoms with Crippen molar-refractivity contribution in [1.29, 1.82) is 0 Å². The van der Waals surface area contributed by atoms with Crippen LogP contribution >= 0.6 is 11.6 Å². The maximum atomic E-state index is 12.3. The molecular weight excluding hydrogens is 406 g/mol. The molecule has 3 rings (SSSR count). The Bertz CT molecular complexity index is 1010. The van der Waals surface area contributed by atoms with Crippen molar-refractivity contribution in [2.45, 2.75) is 12.5 Å². The molecule has 1 saturated heterocycles. The van der Waals surface area contributed by atoms with Crippen LogP contribution in [0.2, 0.25) is 5.02 Å². The molecule has 0 radical (unpaired) electrons. The number of sulfone groups is 1. The van der Waals surface area contributed by atoms with E-state index in [9.17, 15) is 23.1 Å². The van der Waals surface area contributed by atoms with Gasteiger partial charge in [0, 0.05) is 22.3 Å². The van der Waals surface area contributed by atoms with Crippen molar-refractivity contribution >= 4 is 44.8 Å². The molecule has 1 aliphatic heterocycles. The lowest BCUT2D eigenvalue weighted by atomic mass is 10.2. The average molecular weight is 424 g/mol. The topological polar surface area (TPSA) is 125 Å². The molecule has 8 nitrogen and oxygen atoms in total. The van der Waals surface area contributed by atoms with Gasteiger partial charge in [0.15, 0.2) is 9.84 Å². The summed E-state index contributed by atoms with van der Waals surface area (Å²) in [5.74, 6) is -0.550. The summed E-state index contributed by atoms with van der Waals surface area (Å²) < 4.78 is 22.8. The molecule has 1 aliphatic rings. The fourth-order valence-electron chi connectivity index (χ4n) is 2.77. The Morgan fingerprint density at radius 1 is 1.07 bits per heavy atom. The van der Waals surface area contributed by atoms with Crippen molar-refractivity contribution in [3.8, 4) is 5.75 Å². The van der Waals surface area contributed by atoms with Crippen LogP contribution in [0.15, 0.2) is 42.5 Å². The normalized spacial score (nSPS) is 17.7. The first-order chi connectivity index (χ1) is 13.2. The number of carbonyl (C=O) groups excluding carboxylic acids is 2. The van der Waals surface area contributed by atoms with E-state index in [1.165, 1.54) is 42.5 Å². The number of nitrogens with one attached hydrogen (secondary N) is 3. The first kappa shape index (κ1) is 20.0. The molecule has 0 aromatic heterocycles. The smallest absolute Gasteiger partial charge is 0.319 e. The summed E-state index contributed by atoms with van der Waals surface area (Å²) in [6.45, 7) is 0. The summed E-state index contributed by atoms with van der Waals surface area (Å²) in [6, 6.07) is 9.48. The molecule has 0 spiro atoms. The predicted molar refractivity (Wildman–Crippen MR) is 107 cm³/mol. The monoisotopic (exact) mass is 423 g/mol. The molecule has 3 amide bonds. The highest BCUT2D eigenvalue weighted by atomic mass is 35.5. The third-order valence-corrected chi connectivity index (χ3v) is 6.18. The Labute approximate surface area is 166 Å². The van der Waals surface area contributed by atoms with Gasteiger partial charge in [0.2, 0.25) is 0 Å². The Kier molecular flexibility index (Phi) is 5.76.